The molecule has 0 saturated heterocycles. The molecule has 0 aliphatic heterocycles. The van der Waals surface area contributed by atoms with Crippen LogP contribution in [-0.4, -0.2) is 17.6 Å². The van der Waals surface area contributed by atoms with Gasteiger partial charge in [-0.05, 0) is 12.5 Å². The number of alkyl halides is 5. The molecule has 0 N–H and O–H groups in total. The summed E-state index contributed by atoms with van der Waals surface area (Å²) in [6.45, 7) is 1.16. The summed E-state index contributed by atoms with van der Waals surface area (Å²) in [6, 6.07) is 0.654. The molecular weight excluding hydrogens is 249 g/mol. The van der Waals surface area contributed by atoms with Gasteiger partial charge in [-0.2, -0.15) is 0 Å². The third-order valence-corrected chi connectivity index (χ3v) is 1.88. The van der Waals surface area contributed by atoms with Crippen LogP contribution in [0.3, 0.4) is 0 Å². The Labute approximate surface area is 92.2 Å². The van der Waals surface area contributed by atoms with Gasteiger partial charge < -0.3 is 4.74 Å². The van der Waals surface area contributed by atoms with Gasteiger partial charge in [-0.3, -0.25) is 4.79 Å². The van der Waals surface area contributed by atoms with Gasteiger partial charge in [0.15, 0.2) is 6.29 Å². The molecular formula is C9H6F5NO2. The molecule has 3 nitrogen and oxygen atoms in total. The van der Waals surface area contributed by atoms with E-state index in [-0.39, 0.29) is 17.4 Å². The van der Waals surface area contributed by atoms with E-state index in [1.807, 2.05) is 0 Å². The van der Waals surface area contributed by atoms with Crippen LogP contribution >= 0.6 is 0 Å². The molecule has 0 saturated carbocycles. The SMILES string of the molecule is Cc1c(C=O)cc(OC(F)(F)F)nc1C(F)F. The van der Waals surface area contributed by atoms with E-state index in [0.29, 0.717) is 6.07 Å². The summed E-state index contributed by atoms with van der Waals surface area (Å²) in [7, 11) is 0. The zero-order valence-corrected chi connectivity index (χ0v) is 8.39. The second kappa shape index (κ2) is 4.64. The summed E-state index contributed by atoms with van der Waals surface area (Å²) in [5, 5.41) is 0. The lowest BCUT2D eigenvalue weighted by molar-refractivity contribution is -0.276. The van der Waals surface area contributed by atoms with E-state index in [4.69, 9.17) is 0 Å². The Balaban J connectivity index is 3.25. The lowest BCUT2D eigenvalue weighted by atomic mass is 10.1. The van der Waals surface area contributed by atoms with Crippen LogP contribution < -0.4 is 4.74 Å². The van der Waals surface area contributed by atoms with Crippen LogP contribution in [0.5, 0.6) is 5.88 Å². The first-order valence-electron chi connectivity index (χ1n) is 4.25. The molecule has 1 rings (SSSR count). The first kappa shape index (κ1) is 13.3. The molecule has 0 fully saturated rings. The minimum atomic E-state index is -5.05. The van der Waals surface area contributed by atoms with E-state index in [1.54, 1.807) is 0 Å². The van der Waals surface area contributed by atoms with Gasteiger partial charge in [0.2, 0.25) is 5.88 Å². The number of pyridine rings is 1. The lowest BCUT2D eigenvalue weighted by Gasteiger charge is -2.12. The van der Waals surface area contributed by atoms with Gasteiger partial charge in [-0.15, -0.1) is 13.2 Å². The third kappa shape index (κ3) is 3.36. The Hall–Kier alpha value is -1.73. The molecule has 0 aliphatic carbocycles. The highest BCUT2D eigenvalue weighted by Crippen LogP contribution is 2.28. The topological polar surface area (TPSA) is 39.2 Å². The molecule has 0 spiro atoms. The Morgan fingerprint density at radius 2 is 2.00 bits per heavy atom. The standard InChI is InChI=1S/C9H6F5NO2/c1-4-5(3-16)2-6(17-9(12,13)14)15-7(4)8(10)11/h2-3,8H,1H3. The average Bonchev–Trinajstić information content (AvgIpc) is 2.17. The number of halogens is 5. The van der Waals surface area contributed by atoms with Crippen LogP contribution in [0, 0.1) is 6.92 Å². The number of aldehydes is 1. The molecule has 17 heavy (non-hydrogen) atoms. The van der Waals surface area contributed by atoms with E-state index >= 15 is 0 Å². The van der Waals surface area contributed by atoms with Crippen LogP contribution in [0.15, 0.2) is 6.07 Å². The number of ether oxygens (including phenoxy) is 1. The maximum absolute atomic E-state index is 12.4. The van der Waals surface area contributed by atoms with Gasteiger partial charge in [0.05, 0.1) is 0 Å². The van der Waals surface area contributed by atoms with Gasteiger partial charge in [0.25, 0.3) is 6.43 Å². The zero-order valence-electron chi connectivity index (χ0n) is 8.39. The fourth-order valence-electron chi connectivity index (χ4n) is 1.13. The summed E-state index contributed by atoms with van der Waals surface area (Å²) < 4.78 is 63.9. The predicted molar refractivity (Wildman–Crippen MR) is 46.0 cm³/mol. The van der Waals surface area contributed by atoms with Crippen LogP contribution in [0.25, 0.3) is 0 Å². The van der Waals surface area contributed by atoms with Crippen molar-refractivity contribution < 1.29 is 31.5 Å². The van der Waals surface area contributed by atoms with E-state index in [1.165, 1.54) is 0 Å². The first-order chi connectivity index (χ1) is 7.74. The molecule has 94 valence electrons. The lowest BCUT2D eigenvalue weighted by Crippen LogP contribution is -2.19. The highest BCUT2D eigenvalue weighted by Gasteiger charge is 2.32. The van der Waals surface area contributed by atoms with Gasteiger partial charge in [0.1, 0.15) is 5.69 Å². The highest BCUT2D eigenvalue weighted by molar-refractivity contribution is 5.78. The van der Waals surface area contributed by atoms with E-state index in [9.17, 15) is 26.7 Å². The summed E-state index contributed by atoms with van der Waals surface area (Å²) in [4.78, 5) is 13.5. The molecule has 8 heteroatoms. The molecule has 0 unspecified atom stereocenters. The molecule has 1 heterocycles. The van der Waals surface area contributed by atoms with Crippen LogP contribution in [0.2, 0.25) is 0 Å². The fraction of sp³-hybridized carbons (Fsp3) is 0.333. The quantitative estimate of drug-likeness (QED) is 0.615. The Kier molecular flexibility index (Phi) is 3.64. The van der Waals surface area contributed by atoms with Crippen molar-refractivity contribution in [3.8, 4) is 5.88 Å². The van der Waals surface area contributed by atoms with Gasteiger partial charge in [0, 0.05) is 11.6 Å². The maximum Gasteiger partial charge on any atom is 0.574 e. The molecule has 0 atom stereocenters. The van der Waals surface area contributed by atoms with Crippen molar-refractivity contribution in [3.05, 3.63) is 22.9 Å². The summed E-state index contributed by atoms with van der Waals surface area (Å²) >= 11 is 0. The summed E-state index contributed by atoms with van der Waals surface area (Å²) in [5.41, 5.74) is -1.41. The number of carbonyl (C=O) groups is 1. The molecule has 0 amide bonds. The predicted octanol–water partition coefficient (Wildman–Crippen LogP) is 3.04. The van der Waals surface area contributed by atoms with Crippen LogP contribution in [0.4, 0.5) is 22.0 Å². The molecule has 0 aliphatic rings. The molecule has 1 aromatic heterocycles. The molecule has 0 bridgehead atoms. The minimum absolute atomic E-state index is 0.159. The van der Waals surface area contributed by atoms with Crippen LogP contribution in [0.1, 0.15) is 28.0 Å². The Morgan fingerprint density at radius 3 is 2.41 bits per heavy atom. The Bertz CT molecular complexity index is 430. The second-order valence-corrected chi connectivity index (χ2v) is 3.03. The molecule has 0 radical (unpaired) electrons. The van der Waals surface area contributed by atoms with Gasteiger partial charge in [-0.25, -0.2) is 13.8 Å². The van der Waals surface area contributed by atoms with Crippen molar-refractivity contribution in [2.24, 2.45) is 0 Å². The smallest absolute Gasteiger partial charge is 0.388 e. The van der Waals surface area contributed by atoms with E-state index in [2.05, 4.69) is 9.72 Å². The number of nitrogens with zero attached hydrogens (tertiary/aromatic N) is 1. The van der Waals surface area contributed by atoms with Gasteiger partial charge >= 0.3 is 6.36 Å². The van der Waals surface area contributed by atoms with E-state index in [0.717, 1.165) is 6.92 Å². The molecule has 0 aromatic carbocycles. The first-order valence-corrected chi connectivity index (χ1v) is 4.25. The maximum atomic E-state index is 12.4. The number of carbonyl (C=O) groups excluding carboxylic acids is 1. The van der Waals surface area contributed by atoms with Crippen molar-refractivity contribution in [1.29, 1.82) is 0 Å². The van der Waals surface area contributed by atoms with Crippen molar-refractivity contribution in [3.63, 3.8) is 0 Å². The van der Waals surface area contributed by atoms with Crippen molar-refractivity contribution in [2.45, 2.75) is 19.7 Å². The van der Waals surface area contributed by atoms with Crippen molar-refractivity contribution in [2.75, 3.05) is 0 Å². The largest absolute Gasteiger partial charge is 0.574 e. The number of hydrogen-bond acceptors (Lipinski definition) is 3. The zero-order chi connectivity index (χ0) is 13.2. The van der Waals surface area contributed by atoms with Crippen molar-refractivity contribution >= 4 is 6.29 Å². The normalized spacial score (nSPS) is 11.7. The average molecular weight is 255 g/mol. The second-order valence-electron chi connectivity index (χ2n) is 3.03. The van der Waals surface area contributed by atoms with Crippen LogP contribution in [-0.2, 0) is 0 Å². The minimum Gasteiger partial charge on any atom is -0.388 e. The number of aromatic nitrogens is 1. The molecule has 1 aromatic rings. The van der Waals surface area contributed by atoms with Gasteiger partial charge in [-0.1, -0.05) is 0 Å². The van der Waals surface area contributed by atoms with Crippen molar-refractivity contribution in [1.82, 2.24) is 4.98 Å². The third-order valence-electron chi connectivity index (χ3n) is 1.88. The Morgan fingerprint density at radius 1 is 1.41 bits per heavy atom. The fourth-order valence-corrected chi connectivity index (χ4v) is 1.13. The highest BCUT2D eigenvalue weighted by atomic mass is 19.4. The number of hydrogen-bond donors (Lipinski definition) is 0. The number of rotatable bonds is 3. The summed E-state index contributed by atoms with van der Waals surface area (Å²) in [6.07, 6.45) is -7.99. The monoisotopic (exact) mass is 255 g/mol. The summed E-state index contributed by atoms with van der Waals surface area (Å²) in [5.74, 6) is -1.08. The van der Waals surface area contributed by atoms with E-state index < -0.39 is 24.4 Å².